The van der Waals surface area contributed by atoms with Crippen molar-refractivity contribution in [2.24, 2.45) is 5.92 Å². The van der Waals surface area contributed by atoms with Gasteiger partial charge >= 0.3 is 5.63 Å². The summed E-state index contributed by atoms with van der Waals surface area (Å²) in [6.45, 7) is 3.62. The van der Waals surface area contributed by atoms with Gasteiger partial charge in [-0.25, -0.2) is 4.79 Å². The second-order valence-corrected chi connectivity index (χ2v) is 7.10. The predicted octanol–water partition coefficient (Wildman–Crippen LogP) is 3.39. The minimum atomic E-state index is -0.281. The van der Waals surface area contributed by atoms with E-state index in [2.05, 4.69) is 22.5 Å². The van der Waals surface area contributed by atoms with E-state index in [0.29, 0.717) is 11.1 Å². The van der Waals surface area contributed by atoms with Crippen LogP contribution in [0.1, 0.15) is 24.1 Å². The summed E-state index contributed by atoms with van der Waals surface area (Å²) >= 11 is 0. The van der Waals surface area contributed by atoms with Gasteiger partial charge in [0.05, 0.1) is 23.4 Å². The lowest BCUT2D eigenvalue weighted by atomic mass is 9.85. The van der Waals surface area contributed by atoms with Gasteiger partial charge in [0.2, 0.25) is 0 Å². The zero-order valence-electron chi connectivity index (χ0n) is 14.5. The second-order valence-electron chi connectivity index (χ2n) is 7.10. The van der Waals surface area contributed by atoms with Gasteiger partial charge in [0.1, 0.15) is 5.58 Å². The molecule has 26 heavy (non-hydrogen) atoms. The first kappa shape index (κ1) is 15.6. The molecule has 5 nitrogen and oxygen atoms in total. The summed E-state index contributed by atoms with van der Waals surface area (Å²) in [5, 5.41) is 0.970. The fourth-order valence-electron chi connectivity index (χ4n) is 4.21. The molecule has 0 spiro atoms. The summed E-state index contributed by atoms with van der Waals surface area (Å²) in [6.07, 6.45) is 0.0392. The highest BCUT2D eigenvalue weighted by Gasteiger charge is 2.44. The number of benzene rings is 2. The molecule has 0 unspecified atom stereocenters. The molecule has 3 aromatic rings. The van der Waals surface area contributed by atoms with Crippen LogP contribution in [-0.4, -0.2) is 12.6 Å². The molecule has 5 heteroatoms. The zero-order chi connectivity index (χ0) is 17.7. The Hall–Kier alpha value is -2.63. The van der Waals surface area contributed by atoms with Crippen molar-refractivity contribution in [3.8, 4) is 0 Å². The molecule has 1 saturated heterocycles. The number of hydrogen-bond donors (Lipinski definition) is 1. The maximum absolute atomic E-state index is 12.8. The normalized spacial score (nSPS) is 24.5. The van der Waals surface area contributed by atoms with Crippen LogP contribution >= 0.6 is 0 Å². The Labute approximate surface area is 151 Å². The molecule has 1 N–H and O–H groups in total. The summed E-state index contributed by atoms with van der Waals surface area (Å²) in [6, 6.07) is 18.0. The van der Waals surface area contributed by atoms with Crippen LogP contribution in [0, 0.1) is 5.92 Å². The number of para-hydroxylation sites is 1. The van der Waals surface area contributed by atoms with Crippen molar-refractivity contribution in [2.75, 3.05) is 11.4 Å². The lowest BCUT2D eigenvalue weighted by Gasteiger charge is -2.38. The maximum Gasteiger partial charge on any atom is 0.343 e. The number of nitrogens with one attached hydrogen (secondary N) is 1. The highest BCUT2D eigenvalue weighted by Crippen LogP contribution is 2.44. The van der Waals surface area contributed by atoms with E-state index in [4.69, 9.17) is 9.25 Å². The van der Waals surface area contributed by atoms with Crippen LogP contribution in [0.3, 0.4) is 0 Å². The molecule has 132 valence electrons. The summed E-state index contributed by atoms with van der Waals surface area (Å²) < 4.78 is 5.62. The molecule has 0 bridgehead atoms. The smallest absolute Gasteiger partial charge is 0.343 e. The fraction of sp³-hybridized carbons (Fsp3) is 0.286. The Morgan fingerprint density at radius 3 is 2.73 bits per heavy atom. The van der Waals surface area contributed by atoms with Gasteiger partial charge in [-0.3, -0.25) is 4.84 Å². The predicted molar refractivity (Wildman–Crippen MR) is 99.9 cm³/mol. The lowest BCUT2D eigenvalue weighted by molar-refractivity contribution is 0.0303. The van der Waals surface area contributed by atoms with E-state index in [9.17, 15) is 4.79 Å². The largest absolute Gasteiger partial charge is 0.422 e. The summed E-state index contributed by atoms with van der Waals surface area (Å²) in [5.74, 6) is 0.204. The van der Waals surface area contributed by atoms with Crippen molar-refractivity contribution < 1.29 is 9.25 Å². The summed E-state index contributed by atoms with van der Waals surface area (Å²) in [5.41, 5.74) is 6.27. The Bertz CT molecular complexity index is 1010. The lowest BCUT2D eigenvalue weighted by Crippen LogP contribution is -2.42. The van der Waals surface area contributed by atoms with E-state index < -0.39 is 0 Å². The third kappa shape index (κ3) is 2.35. The van der Waals surface area contributed by atoms with E-state index in [0.717, 1.165) is 24.2 Å². The number of anilines is 1. The number of rotatable bonds is 2. The second kappa shape index (κ2) is 5.97. The van der Waals surface area contributed by atoms with Gasteiger partial charge in [0, 0.05) is 24.4 Å². The van der Waals surface area contributed by atoms with Crippen molar-refractivity contribution in [3.05, 3.63) is 76.1 Å². The van der Waals surface area contributed by atoms with Crippen molar-refractivity contribution in [1.82, 2.24) is 5.48 Å². The fourth-order valence-corrected chi connectivity index (χ4v) is 4.21. The maximum atomic E-state index is 12.8. The van der Waals surface area contributed by atoms with E-state index in [-0.39, 0.29) is 23.7 Å². The van der Waals surface area contributed by atoms with Gasteiger partial charge in [-0.1, -0.05) is 42.5 Å². The number of hydrogen-bond acceptors (Lipinski definition) is 5. The third-order valence-corrected chi connectivity index (χ3v) is 5.51. The molecule has 0 amide bonds. The number of hydroxylamine groups is 1. The van der Waals surface area contributed by atoms with E-state index in [1.807, 2.05) is 49.4 Å². The minimum Gasteiger partial charge on any atom is -0.422 e. The quantitative estimate of drug-likeness (QED) is 0.720. The Balaban J connectivity index is 1.72. The van der Waals surface area contributed by atoms with Crippen LogP contribution in [0.25, 0.3) is 11.0 Å². The van der Waals surface area contributed by atoms with Gasteiger partial charge in [0.25, 0.3) is 0 Å². The highest BCUT2D eigenvalue weighted by atomic mass is 16.7. The van der Waals surface area contributed by atoms with E-state index in [1.54, 1.807) is 0 Å². The number of fused-ring (bicyclic) bond motifs is 5. The van der Waals surface area contributed by atoms with E-state index in [1.165, 1.54) is 5.56 Å². The topological polar surface area (TPSA) is 54.7 Å². The van der Waals surface area contributed by atoms with Crippen molar-refractivity contribution in [1.29, 1.82) is 0 Å². The zero-order valence-corrected chi connectivity index (χ0v) is 14.5. The monoisotopic (exact) mass is 348 g/mol. The standard InChI is InChI=1S/C21H20N2O3/c1-13-16-12-23(11-14-7-3-2-4-8-14)20-15-9-5-6-10-17(15)25-21(24)18(20)19(16)22-26-13/h2-10,13,16,19,22H,11-12H2,1H3/t13-,16-,19+/m0/s1. The van der Waals surface area contributed by atoms with Gasteiger partial charge in [0.15, 0.2) is 0 Å². The van der Waals surface area contributed by atoms with Crippen LogP contribution in [0.4, 0.5) is 5.69 Å². The first-order valence-corrected chi connectivity index (χ1v) is 8.98. The van der Waals surface area contributed by atoms with Crippen LogP contribution in [-0.2, 0) is 11.4 Å². The van der Waals surface area contributed by atoms with Gasteiger partial charge in [-0.2, -0.15) is 5.48 Å². The molecular weight excluding hydrogens is 328 g/mol. The Kier molecular flexibility index (Phi) is 3.58. The third-order valence-electron chi connectivity index (χ3n) is 5.51. The van der Waals surface area contributed by atoms with Crippen molar-refractivity contribution in [3.63, 3.8) is 0 Å². The Morgan fingerprint density at radius 2 is 1.88 bits per heavy atom. The van der Waals surface area contributed by atoms with Gasteiger partial charge in [-0.15, -0.1) is 0 Å². The molecule has 2 aromatic carbocycles. The van der Waals surface area contributed by atoms with E-state index >= 15 is 0 Å². The Morgan fingerprint density at radius 1 is 1.12 bits per heavy atom. The van der Waals surface area contributed by atoms with Crippen LogP contribution in [0.15, 0.2) is 63.8 Å². The molecule has 1 aromatic heterocycles. The molecule has 2 aliphatic rings. The van der Waals surface area contributed by atoms with Crippen molar-refractivity contribution >= 4 is 16.7 Å². The molecule has 2 aliphatic heterocycles. The molecule has 0 saturated carbocycles. The molecule has 3 heterocycles. The first-order valence-electron chi connectivity index (χ1n) is 8.98. The van der Waals surface area contributed by atoms with Crippen LogP contribution in [0.2, 0.25) is 0 Å². The molecule has 0 radical (unpaired) electrons. The van der Waals surface area contributed by atoms with Crippen molar-refractivity contribution in [2.45, 2.75) is 25.6 Å². The average molecular weight is 348 g/mol. The highest BCUT2D eigenvalue weighted by molar-refractivity contribution is 5.92. The summed E-state index contributed by atoms with van der Waals surface area (Å²) in [4.78, 5) is 20.8. The number of nitrogens with zero attached hydrogens (tertiary/aromatic N) is 1. The molecular formula is C21H20N2O3. The SMILES string of the molecule is C[C@@H]1ON[C@H]2c3c(c4ccccc4oc3=O)N(Cc3ccccc3)C[C@@H]12. The van der Waals surface area contributed by atoms with Crippen LogP contribution < -0.4 is 16.0 Å². The van der Waals surface area contributed by atoms with Gasteiger partial charge in [-0.05, 0) is 24.6 Å². The first-order chi connectivity index (χ1) is 12.7. The molecule has 1 fully saturated rings. The average Bonchev–Trinajstić information content (AvgIpc) is 3.03. The summed E-state index contributed by atoms with van der Waals surface area (Å²) in [7, 11) is 0. The molecule has 3 atom stereocenters. The van der Waals surface area contributed by atoms with Gasteiger partial charge < -0.3 is 9.32 Å². The van der Waals surface area contributed by atoms with Crippen LogP contribution in [0.5, 0.6) is 0 Å². The minimum absolute atomic E-state index is 0.0392. The molecule has 5 rings (SSSR count). The molecule has 0 aliphatic carbocycles.